The quantitative estimate of drug-likeness (QED) is 0.755. The molecule has 2 aromatic rings. The molecular formula is C19H22N2O4. The van der Waals surface area contributed by atoms with Crippen molar-refractivity contribution in [2.45, 2.75) is 13.5 Å². The largest absolute Gasteiger partial charge is 0.494 e. The van der Waals surface area contributed by atoms with Gasteiger partial charge in [0.05, 0.1) is 13.2 Å². The molecule has 132 valence electrons. The van der Waals surface area contributed by atoms with Crippen LogP contribution in [-0.4, -0.2) is 41.6 Å². The van der Waals surface area contributed by atoms with Gasteiger partial charge in [-0.25, -0.2) is 0 Å². The van der Waals surface area contributed by atoms with Crippen molar-refractivity contribution in [2.24, 2.45) is 0 Å². The fraction of sp³-hybridized carbons (Fsp3) is 0.263. The molecule has 0 atom stereocenters. The van der Waals surface area contributed by atoms with Gasteiger partial charge in [-0.3, -0.25) is 9.59 Å². The third kappa shape index (κ3) is 5.61. The molecule has 0 aliphatic heterocycles. The van der Waals surface area contributed by atoms with Crippen LogP contribution in [0, 0.1) is 0 Å². The monoisotopic (exact) mass is 342 g/mol. The molecule has 0 unspecified atom stereocenters. The van der Waals surface area contributed by atoms with Gasteiger partial charge in [-0.15, -0.1) is 0 Å². The first-order valence-electron chi connectivity index (χ1n) is 8.12. The number of anilines is 1. The van der Waals surface area contributed by atoms with Crippen molar-refractivity contribution in [1.29, 1.82) is 0 Å². The fourth-order valence-corrected chi connectivity index (χ4v) is 2.31. The molecule has 6 heteroatoms. The number of hydrogen-bond donors (Lipinski definition) is 2. The first-order valence-corrected chi connectivity index (χ1v) is 8.12. The van der Waals surface area contributed by atoms with E-state index in [-0.39, 0.29) is 19.7 Å². The van der Waals surface area contributed by atoms with Gasteiger partial charge in [0.2, 0.25) is 0 Å². The Morgan fingerprint density at radius 2 is 1.76 bits per heavy atom. The van der Waals surface area contributed by atoms with Crippen molar-refractivity contribution in [3.8, 4) is 5.75 Å². The lowest BCUT2D eigenvalue weighted by Gasteiger charge is -2.21. The van der Waals surface area contributed by atoms with Crippen molar-refractivity contribution in [2.75, 3.05) is 25.1 Å². The highest BCUT2D eigenvalue weighted by atomic mass is 16.5. The minimum atomic E-state index is -0.742. The van der Waals surface area contributed by atoms with Crippen molar-refractivity contribution < 1.29 is 19.4 Å². The average Bonchev–Trinajstić information content (AvgIpc) is 2.63. The van der Waals surface area contributed by atoms with Gasteiger partial charge in [-0.2, -0.15) is 0 Å². The first kappa shape index (κ1) is 18.5. The number of ether oxygens (including phenoxy) is 1. The van der Waals surface area contributed by atoms with Gasteiger partial charge in [0.1, 0.15) is 5.75 Å². The number of amides is 2. The summed E-state index contributed by atoms with van der Waals surface area (Å²) in [4.78, 5) is 25.9. The zero-order valence-electron chi connectivity index (χ0n) is 14.1. The number of carbonyl (C=O) groups excluding carboxylic acids is 2. The van der Waals surface area contributed by atoms with E-state index in [0.29, 0.717) is 18.0 Å². The molecule has 2 rings (SSSR count). The number of nitrogens with one attached hydrogen (secondary N) is 1. The summed E-state index contributed by atoms with van der Waals surface area (Å²) in [5, 5.41) is 11.7. The smallest absolute Gasteiger partial charge is 0.313 e. The molecule has 2 aromatic carbocycles. The summed E-state index contributed by atoms with van der Waals surface area (Å²) in [5.41, 5.74) is 1.39. The van der Waals surface area contributed by atoms with E-state index in [0.717, 1.165) is 5.56 Å². The highest BCUT2D eigenvalue weighted by Crippen LogP contribution is 2.16. The Hall–Kier alpha value is -2.86. The maximum absolute atomic E-state index is 12.4. The van der Waals surface area contributed by atoms with Crippen LogP contribution in [0.1, 0.15) is 12.5 Å². The minimum absolute atomic E-state index is 0.0877. The third-order valence-electron chi connectivity index (χ3n) is 3.49. The Labute approximate surface area is 147 Å². The topological polar surface area (TPSA) is 78.9 Å². The number of benzene rings is 2. The molecule has 2 amide bonds. The van der Waals surface area contributed by atoms with Crippen LogP contribution >= 0.6 is 0 Å². The number of aliphatic hydroxyl groups excluding tert-OH is 1. The van der Waals surface area contributed by atoms with Crippen molar-refractivity contribution >= 4 is 17.5 Å². The Kier molecular flexibility index (Phi) is 6.98. The Balaban J connectivity index is 2.01. The fourth-order valence-electron chi connectivity index (χ4n) is 2.31. The predicted molar refractivity (Wildman–Crippen MR) is 95.2 cm³/mol. The average molecular weight is 342 g/mol. The number of hydrogen-bond acceptors (Lipinski definition) is 4. The van der Waals surface area contributed by atoms with E-state index >= 15 is 0 Å². The van der Waals surface area contributed by atoms with E-state index < -0.39 is 11.8 Å². The third-order valence-corrected chi connectivity index (χ3v) is 3.49. The van der Waals surface area contributed by atoms with Gasteiger partial charge in [0.25, 0.3) is 0 Å². The number of carbonyl (C=O) groups is 2. The van der Waals surface area contributed by atoms with Gasteiger partial charge in [0, 0.05) is 18.8 Å². The number of nitrogens with zero attached hydrogens (tertiary/aromatic N) is 1. The second-order valence-electron chi connectivity index (χ2n) is 5.35. The highest BCUT2D eigenvalue weighted by Gasteiger charge is 2.21. The molecule has 0 spiro atoms. The lowest BCUT2D eigenvalue weighted by atomic mass is 10.2. The Morgan fingerprint density at radius 1 is 1.08 bits per heavy atom. The van der Waals surface area contributed by atoms with E-state index in [1.807, 2.05) is 37.3 Å². The lowest BCUT2D eigenvalue weighted by molar-refractivity contribution is -0.143. The zero-order valence-corrected chi connectivity index (χ0v) is 14.1. The van der Waals surface area contributed by atoms with Gasteiger partial charge >= 0.3 is 11.8 Å². The molecular weight excluding hydrogens is 320 g/mol. The standard InChI is InChI=1S/C19H22N2O4/c1-2-25-17-10-8-16(9-11-17)20-18(23)19(24)21(12-13-22)14-15-6-4-3-5-7-15/h3-11,22H,2,12-14H2,1H3,(H,20,23). The number of aliphatic hydroxyl groups is 1. The summed E-state index contributed by atoms with van der Waals surface area (Å²) in [7, 11) is 0. The predicted octanol–water partition coefficient (Wildman–Crippen LogP) is 2.04. The van der Waals surface area contributed by atoms with Crippen molar-refractivity contribution in [3.63, 3.8) is 0 Å². The molecule has 25 heavy (non-hydrogen) atoms. The van der Waals surface area contributed by atoms with Gasteiger partial charge < -0.3 is 20.1 Å². The zero-order chi connectivity index (χ0) is 18.1. The van der Waals surface area contributed by atoms with Crippen LogP contribution in [0.15, 0.2) is 54.6 Å². The Bertz CT molecular complexity index is 686. The van der Waals surface area contributed by atoms with Gasteiger partial charge in [-0.05, 0) is 36.8 Å². The second kappa shape index (κ2) is 9.44. The summed E-state index contributed by atoms with van der Waals surface area (Å²) in [6.45, 7) is 2.58. The molecule has 0 aromatic heterocycles. The molecule has 0 bridgehead atoms. The lowest BCUT2D eigenvalue weighted by Crippen LogP contribution is -2.40. The van der Waals surface area contributed by atoms with Crippen LogP contribution in [-0.2, 0) is 16.1 Å². The first-order chi connectivity index (χ1) is 12.1. The van der Waals surface area contributed by atoms with E-state index in [1.54, 1.807) is 24.3 Å². The van der Waals surface area contributed by atoms with E-state index in [4.69, 9.17) is 4.74 Å². The molecule has 0 aliphatic rings. The minimum Gasteiger partial charge on any atom is -0.494 e. The molecule has 0 saturated heterocycles. The molecule has 0 saturated carbocycles. The SMILES string of the molecule is CCOc1ccc(NC(=O)C(=O)N(CCO)Cc2ccccc2)cc1. The highest BCUT2D eigenvalue weighted by molar-refractivity contribution is 6.39. The Morgan fingerprint density at radius 3 is 2.36 bits per heavy atom. The van der Waals surface area contributed by atoms with E-state index in [9.17, 15) is 14.7 Å². The van der Waals surface area contributed by atoms with E-state index in [2.05, 4.69) is 5.32 Å². The number of rotatable bonds is 7. The maximum atomic E-state index is 12.4. The summed E-state index contributed by atoms with van der Waals surface area (Å²) in [6, 6.07) is 16.1. The van der Waals surface area contributed by atoms with Gasteiger partial charge in [-0.1, -0.05) is 30.3 Å². The molecule has 0 aliphatic carbocycles. The normalized spacial score (nSPS) is 10.2. The molecule has 0 radical (unpaired) electrons. The van der Waals surface area contributed by atoms with E-state index in [1.165, 1.54) is 4.90 Å². The summed E-state index contributed by atoms with van der Waals surface area (Å²) in [5.74, 6) is -0.738. The van der Waals surface area contributed by atoms with Crippen molar-refractivity contribution in [1.82, 2.24) is 4.90 Å². The van der Waals surface area contributed by atoms with Crippen LogP contribution in [0.25, 0.3) is 0 Å². The van der Waals surface area contributed by atoms with Gasteiger partial charge in [0.15, 0.2) is 0 Å². The van der Waals surface area contributed by atoms with Crippen molar-refractivity contribution in [3.05, 3.63) is 60.2 Å². The second-order valence-corrected chi connectivity index (χ2v) is 5.35. The molecule has 0 fully saturated rings. The molecule has 0 heterocycles. The molecule has 6 nitrogen and oxygen atoms in total. The van der Waals surface area contributed by atoms with Crippen LogP contribution in [0.4, 0.5) is 5.69 Å². The summed E-state index contributed by atoms with van der Waals surface area (Å²) in [6.07, 6.45) is 0. The van der Waals surface area contributed by atoms with Crippen LogP contribution in [0.5, 0.6) is 5.75 Å². The summed E-state index contributed by atoms with van der Waals surface area (Å²) >= 11 is 0. The molecule has 2 N–H and O–H groups in total. The van der Waals surface area contributed by atoms with Crippen LogP contribution < -0.4 is 10.1 Å². The maximum Gasteiger partial charge on any atom is 0.313 e. The van der Waals surface area contributed by atoms with Crippen LogP contribution in [0.3, 0.4) is 0 Å². The summed E-state index contributed by atoms with van der Waals surface area (Å²) < 4.78 is 5.33. The van der Waals surface area contributed by atoms with Crippen LogP contribution in [0.2, 0.25) is 0 Å².